The van der Waals surface area contributed by atoms with Crippen LogP contribution in [0.4, 0.5) is 11.5 Å². The molecule has 1 amide bonds. The van der Waals surface area contributed by atoms with Crippen LogP contribution in [0.25, 0.3) is 11.4 Å². The minimum atomic E-state index is -0.444. The number of nitrogens with zero attached hydrogens (tertiary/aromatic N) is 5. The van der Waals surface area contributed by atoms with E-state index >= 15 is 0 Å². The van der Waals surface area contributed by atoms with E-state index in [1.165, 1.54) is 11.6 Å². The van der Waals surface area contributed by atoms with Crippen LogP contribution in [0.2, 0.25) is 0 Å². The van der Waals surface area contributed by atoms with Gasteiger partial charge in [-0.3, -0.25) is 14.9 Å². The Balaban J connectivity index is 1.58. The van der Waals surface area contributed by atoms with Gasteiger partial charge in [-0.1, -0.05) is 49.7 Å². The third-order valence-electron chi connectivity index (χ3n) is 6.52. The maximum Gasteiger partial charge on any atom is 0.273 e. The fraction of sp³-hybridized carbons (Fsp3) is 0.370. The topological polar surface area (TPSA) is 92.5 Å². The highest BCUT2D eigenvalue weighted by Crippen LogP contribution is 2.31. The van der Waals surface area contributed by atoms with Gasteiger partial charge in [-0.05, 0) is 32.8 Å². The van der Waals surface area contributed by atoms with Crippen LogP contribution in [0, 0.1) is 30.9 Å². The Morgan fingerprint density at radius 3 is 2.23 bits per heavy atom. The second-order valence-electron chi connectivity index (χ2n) is 9.43. The molecule has 0 spiro atoms. The number of aromatic nitrogens is 2. The molecule has 1 aliphatic rings. The Hall–Kier alpha value is -3.81. The van der Waals surface area contributed by atoms with Gasteiger partial charge in [-0.2, -0.15) is 0 Å². The van der Waals surface area contributed by atoms with Gasteiger partial charge in [0.2, 0.25) is 0 Å². The Kier molecular flexibility index (Phi) is 6.82. The molecule has 0 atom stereocenters. The molecule has 0 unspecified atom stereocenters. The Labute approximate surface area is 205 Å². The number of amides is 1. The van der Waals surface area contributed by atoms with Crippen molar-refractivity contribution in [3.8, 4) is 11.4 Å². The number of hydrogen-bond donors (Lipinski definition) is 0. The van der Waals surface area contributed by atoms with Gasteiger partial charge < -0.3 is 9.80 Å². The van der Waals surface area contributed by atoms with Gasteiger partial charge in [0.15, 0.2) is 5.82 Å². The number of nitro benzene ring substituents is 1. The summed E-state index contributed by atoms with van der Waals surface area (Å²) in [5.41, 5.74) is 5.10. The molecule has 1 aliphatic heterocycles. The first-order chi connectivity index (χ1) is 16.7. The fourth-order valence-corrected chi connectivity index (χ4v) is 4.56. The van der Waals surface area contributed by atoms with E-state index in [2.05, 4.69) is 37.8 Å². The maximum atomic E-state index is 13.1. The summed E-state index contributed by atoms with van der Waals surface area (Å²) in [6, 6.07) is 12.9. The average Bonchev–Trinajstić information content (AvgIpc) is 2.83. The lowest BCUT2D eigenvalue weighted by Gasteiger charge is -2.37. The number of benzene rings is 2. The molecule has 8 heteroatoms. The lowest BCUT2D eigenvalue weighted by atomic mass is 10.0. The summed E-state index contributed by atoms with van der Waals surface area (Å²) in [5, 5.41) is 11.3. The van der Waals surface area contributed by atoms with Gasteiger partial charge in [0.05, 0.1) is 4.92 Å². The van der Waals surface area contributed by atoms with Gasteiger partial charge in [0.1, 0.15) is 5.82 Å². The summed E-state index contributed by atoms with van der Waals surface area (Å²) >= 11 is 0. The highest BCUT2D eigenvalue weighted by Gasteiger charge is 2.27. The highest BCUT2D eigenvalue weighted by atomic mass is 16.6. The summed E-state index contributed by atoms with van der Waals surface area (Å²) in [6.45, 7) is 12.3. The number of nitro groups is 1. The minimum Gasteiger partial charge on any atom is -0.353 e. The van der Waals surface area contributed by atoms with Crippen molar-refractivity contribution in [3.05, 3.63) is 80.5 Å². The molecule has 1 fully saturated rings. The third kappa shape index (κ3) is 5.01. The van der Waals surface area contributed by atoms with Gasteiger partial charge in [-0.25, -0.2) is 9.97 Å². The molecule has 182 valence electrons. The Bertz CT molecular complexity index is 1260. The number of carbonyl (C=O) groups is 1. The molecule has 4 rings (SSSR count). The summed E-state index contributed by atoms with van der Waals surface area (Å²) < 4.78 is 0. The Morgan fingerprint density at radius 1 is 0.971 bits per heavy atom. The average molecular weight is 474 g/mol. The maximum absolute atomic E-state index is 13.1. The molecule has 8 nitrogen and oxygen atoms in total. The van der Waals surface area contributed by atoms with Crippen LogP contribution in [0.5, 0.6) is 0 Å². The monoisotopic (exact) mass is 473 g/mol. The summed E-state index contributed by atoms with van der Waals surface area (Å²) in [6.07, 6.45) is 0. The lowest BCUT2D eigenvalue weighted by Crippen LogP contribution is -2.49. The molecule has 0 radical (unpaired) electrons. The van der Waals surface area contributed by atoms with Crippen LogP contribution < -0.4 is 4.90 Å². The van der Waals surface area contributed by atoms with E-state index < -0.39 is 4.92 Å². The summed E-state index contributed by atoms with van der Waals surface area (Å²) in [5.74, 6) is 1.69. The van der Waals surface area contributed by atoms with Gasteiger partial charge in [0, 0.05) is 60.2 Å². The number of aryl methyl sites for hydroxylation is 3. The van der Waals surface area contributed by atoms with E-state index in [4.69, 9.17) is 9.97 Å². The van der Waals surface area contributed by atoms with E-state index in [9.17, 15) is 14.9 Å². The molecular weight excluding hydrogens is 442 g/mol. The normalized spacial score (nSPS) is 13.9. The molecule has 0 aliphatic carbocycles. The summed E-state index contributed by atoms with van der Waals surface area (Å²) in [7, 11) is 0. The van der Waals surface area contributed by atoms with Gasteiger partial charge >= 0.3 is 0 Å². The van der Waals surface area contributed by atoms with E-state index in [1.54, 1.807) is 24.0 Å². The van der Waals surface area contributed by atoms with E-state index in [0.717, 1.165) is 22.6 Å². The van der Waals surface area contributed by atoms with E-state index in [1.807, 2.05) is 19.1 Å². The molecule has 3 aromatic rings. The number of anilines is 1. The van der Waals surface area contributed by atoms with Gasteiger partial charge in [0.25, 0.3) is 11.6 Å². The molecule has 1 saturated heterocycles. The van der Waals surface area contributed by atoms with Crippen LogP contribution in [0.15, 0.2) is 42.5 Å². The zero-order valence-corrected chi connectivity index (χ0v) is 20.9. The number of hydrogen-bond acceptors (Lipinski definition) is 6. The third-order valence-corrected chi connectivity index (χ3v) is 6.52. The van der Waals surface area contributed by atoms with E-state index in [0.29, 0.717) is 43.1 Å². The minimum absolute atomic E-state index is 0.0313. The number of carbonyl (C=O) groups excluding carboxylic acids is 1. The first-order valence-corrected chi connectivity index (χ1v) is 11.9. The fourth-order valence-electron chi connectivity index (χ4n) is 4.56. The van der Waals surface area contributed by atoms with Crippen LogP contribution >= 0.6 is 0 Å². The zero-order chi connectivity index (χ0) is 25.3. The number of piperazine rings is 1. The molecule has 2 heterocycles. The van der Waals surface area contributed by atoms with Crippen molar-refractivity contribution in [2.75, 3.05) is 31.1 Å². The van der Waals surface area contributed by atoms with Gasteiger partial charge in [-0.15, -0.1) is 0 Å². The smallest absolute Gasteiger partial charge is 0.273 e. The van der Waals surface area contributed by atoms with Crippen molar-refractivity contribution in [3.63, 3.8) is 0 Å². The predicted molar refractivity (Wildman–Crippen MR) is 137 cm³/mol. The van der Waals surface area contributed by atoms with Crippen molar-refractivity contribution in [1.29, 1.82) is 0 Å². The van der Waals surface area contributed by atoms with Crippen LogP contribution in [0.1, 0.15) is 52.5 Å². The molecule has 1 aromatic heterocycles. The quantitative estimate of drug-likeness (QED) is 0.380. The van der Waals surface area contributed by atoms with Crippen molar-refractivity contribution in [2.24, 2.45) is 0 Å². The molecule has 2 aromatic carbocycles. The molecular formula is C27H31N5O3. The second kappa shape index (κ2) is 9.82. The van der Waals surface area contributed by atoms with Crippen LogP contribution in [0.3, 0.4) is 0 Å². The SMILES string of the molecule is Cc1ccc(-c2nc(C)c(C(C)C)c(N3CCN(C(=O)c4ccc(C)c([N+](=O)[O-])c4)CC3)n2)cc1. The number of rotatable bonds is 5. The molecule has 0 saturated carbocycles. The predicted octanol–water partition coefficient (Wildman–Crippen LogP) is 5.06. The molecule has 0 N–H and O–H groups in total. The summed E-state index contributed by atoms with van der Waals surface area (Å²) in [4.78, 5) is 37.7. The van der Waals surface area contributed by atoms with Crippen LogP contribution in [-0.4, -0.2) is 51.9 Å². The van der Waals surface area contributed by atoms with Crippen LogP contribution in [-0.2, 0) is 0 Å². The zero-order valence-electron chi connectivity index (χ0n) is 20.9. The molecule has 35 heavy (non-hydrogen) atoms. The first kappa shape index (κ1) is 24.3. The standard InChI is InChI=1S/C27H31N5O3/c1-17(2)24-20(5)28-25(21-9-6-18(3)7-10-21)29-26(24)30-12-14-31(15-13-30)27(33)22-11-8-19(4)23(16-22)32(34)35/h6-11,16-17H,12-15H2,1-5H3. The van der Waals surface area contributed by atoms with Crippen molar-refractivity contribution >= 4 is 17.4 Å². The van der Waals surface area contributed by atoms with Crippen molar-refractivity contribution < 1.29 is 9.72 Å². The second-order valence-corrected chi connectivity index (χ2v) is 9.43. The Morgan fingerprint density at radius 2 is 1.63 bits per heavy atom. The highest BCUT2D eigenvalue weighted by molar-refractivity contribution is 5.95. The largest absolute Gasteiger partial charge is 0.353 e. The molecule has 0 bridgehead atoms. The lowest BCUT2D eigenvalue weighted by molar-refractivity contribution is -0.385. The first-order valence-electron chi connectivity index (χ1n) is 11.9. The van der Waals surface area contributed by atoms with E-state index in [-0.39, 0.29) is 17.5 Å². The van der Waals surface area contributed by atoms with Crippen molar-refractivity contribution in [1.82, 2.24) is 14.9 Å². The van der Waals surface area contributed by atoms with Crippen molar-refractivity contribution in [2.45, 2.75) is 40.5 Å².